The second kappa shape index (κ2) is 7.73. The van der Waals surface area contributed by atoms with Crippen molar-refractivity contribution in [3.8, 4) is 5.75 Å². The summed E-state index contributed by atoms with van der Waals surface area (Å²) in [5.74, 6) is 0.650. The molecule has 1 N–H and O–H groups in total. The van der Waals surface area contributed by atoms with Gasteiger partial charge in [0.25, 0.3) is 0 Å². The van der Waals surface area contributed by atoms with Crippen LogP contribution in [0.25, 0.3) is 10.2 Å². The third-order valence-corrected chi connectivity index (χ3v) is 8.64. The number of methoxy groups -OCH3 is 1. The molecule has 0 radical (unpaired) electrons. The number of ether oxygens (including phenoxy) is 1. The monoisotopic (exact) mass is 493 g/mol. The van der Waals surface area contributed by atoms with Gasteiger partial charge in [0.2, 0.25) is 0 Å². The molecule has 7 heteroatoms. The number of benzene rings is 2. The van der Waals surface area contributed by atoms with Gasteiger partial charge < -0.3 is 0 Å². The predicted molar refractivity (Wildman–Crippen MR) is 102 cm³/mol. The van der Waals surface area contributed by atoms with Gasteiger partial charge in [0.05, 0.1) is 0 Å². The molecule has 2 heterocycles. The van der Waals surface area contributed by atoms with Gasteiger partial charge in [0.1, 0.15) is 0 Å². The number of hydrogen-bond acceptors (Lipinski definition) is 5. The van der Waals surface area contributed by atoms with E-state index in [0.717, 1.165) is 16.0 Å². The van der Waals surface area contributed by atoms with Crippen molar-refractivity contribution >= 4 is 43.9 Å². The molecule has 132 valence electrons. The molecular formula is C19H14IN2O2S2-. The van der Waals surface area contributed by atoms with E-state index in [-0.39, 0.29) is 27.1 Å². The zero-order chi connectivity index (χ0) is 17.9. The van der Waals surface area contributed by atoms with Gasteiger partial charge in [0, 0.05) is 0 Å². The fourth-order valence-corrected chi connectivity index (χ4v) is 7.04. The number of nitrogens with one attached hydrogen (secondary N) is 1. The van der Waals surface area contributed by atoms with Crippen LogP contribution in [0.5, 0.6) is 5.75 Å². The maximum atomic E-state index is 12.6. The van der Waals surface area contributed by atoms with Gasteiger partial charge in [-0.15, -0.1) is 0 Å². The number of amides is 1. The topological polar surface area (TPSA) is 51.2 Å². The minimum absolute atomic E-state index is 0.131. The quantitative estimate of drug-likeness (QED) is 0.432. The summed E-state index contributed by atoms with van der Waals surface area (Å²) in [6, 6.07) is 17.8. The molecule has 0 bridgehead atoms. The van der Waals surface area contributed by atoms with E-state index in [0.29, 0.717) is 10.7 Å². The van der Waals surface area contributed by atoms with E-state index in [1.54, 1.807) is 18.4 Å². The molecule has 4 aromatic rings. The van der Waals surface area contributed by atoms with E-state index in [4.69, 9.17) is 4.74 Å². The maximum absolute atomic E-state index is 12.6. The first kappa shape index (κ1) is 17.4. The summed E-state index contributed by atoms with van der Waals surface area (Å²) in [5.41, 5.74) is 1.51. The van der Waals surface area contributed by atoms with Crippen LogP contribution in [0, 0.1) is 6.45 Å². The molecule has 0 fully saturated rings. The van der Waals surface area contributed by atoms with Crippen LogP contribution in [-0.4, -0.2) is 18.0 Å². The Labute approximate surface area is 169 Å². The summed E-state index contributed by atoms with van der Waals surface area (Å²) in [6.45, 7) is 0. The third kappa shape index (κ3) is 3.89. The average molecular weight is 493 g/mol. The van der Waals surface area contributed by atoms with Crippen LogP contribution in [0.4, 0.5) is 5.13 Å². The van der Waals surface area contributed by atoms with E-state index in [2.05, 4.69) is 33.9 Å². The Kier molecular flexibility index (Phi) is 5.18. The van der Waals surface area contributed by atoms with Gasteiger partial charge in [-0.1, -0.05) is 0 Å². The first-order valence-corrected chi connectivity index (χ1v) is 11.6. The van der Waals surface area contributed by atoms with Crippen LogP contribution >= 0.6 is 22.7 Å². The second-order valence-electron chi connectivity index (χ2n) is 5.33. The molecule has 0 unspecified atom stereocenters. The molecule has 4 nitrogen and oxygen atoms in total. The number of rotatable bonds is 5. The van der Waals surface area contributed by atoms with E-state index in [9.17, 15) is 4.79 Å². The number of halogens is 1. The first-order chi connectivity index (χ1) is 12.7. The summed E-state index contributed by atoms with van der Waals surface area (Å²) < 4.78 is 8.84. The molecule has 2 aromatic heterocycles. The Hall–Kier alpha value is -1.97. The van der Waals surface area contributed by atoms with Gasteiger partial charge in [-0.05, 0) is 0 Å². The molecule has 1 amide bonds. The van der Waals surface area contributed by atoms with Gasteiger partial charge in [-0.2, -0.15) is 0 Å². The molecule has 0 spiro atoms. The van der Waals surface area contributed by atoms with Crippen molar-refractivity contribution in [1.29, 1.82) is 0 Å². The SMILES string of the molecule is COc1ccc2nc(NC(=O)c3cccc([I-]c4cccs4)c3)sc2c1. The van der Waals surface area contributed by atoms with Gasteiger partial charge in [-0.3, -0.25) is 0 Å². The Morgan fingerprint density at radius 3 is 2.88 bits per heavy atom. The molecule has 0 saturated carbocycles. The fourth-order valence-electron chi connectivity index (χ4n) is 2.36. The molecule has 26 heavy (non-hydrogen) atoms. The number of anilines is 1. The van der Waals surface area contributed by atoms with Gasteiger partial charge in [0.15, 0.2) is 0 Å². The van der Waals surface area contributed by atoms with Crippen molar-refractivity contribution < 1.29 is 30.7 Å². The van der Waals surface area contributed by atoms with Gasteiger partial charge >= 0.3 is 170 Å². The first-order valence-electron chi connectivity index (χ1n) is 7.75. The van der Waals surface area contributed by atoms with E-state index in [1.165, 1.54) is 17.8 Å². The number of thiazole rings is 1. The summed E-state index contributed by atoms with van der Waals surface area (Å²) in [6.07, 6.45) is 0. The van der Waals surface area contributed by atoms with Crippen LogP contribution in [0.1, 0.15) is 10.4 Å². The Bertz CT molecular complexity index is 1060. The average Bonchev–Trinajstić information content (AvgIpc) is 3.30. The van der Waals surface area contributed by atoms with Crippen LogP contribution in [0.15, 0.2) is 60.0 Å². The summed E-state index contributed by atoms with van der Waals surface area (Å²) >= 11 is 2.97. The predicted octanol–water partition coefficient (Wildman–Crippen LogP) is 1.75. The molecule has 2 aromatic carbocycles. The standard InChI is InChI=1S/C19H14IN2O2S2/c1-24-14-7-8-15-16(11-14)26-19(21-15)22-18(23)12-4-2-5-13(10-12)20-17-6-3-9-25-17/h2-11H,1H3,(H,21,22,23)/q-1. The minimum atomic E-state index is -0.247. The number of hydrogen-bond donors (Lipinski definition) is 1. The fraction of sp³-hybridized carbons (Fsp3) is 0.0526. The summed E-state index contributed by atoms with van der Waals surface area (Å²) in [5, 5.41) is 5.60. The van der Waals surface area contributed by atoms with Crippen LogP contribution in [-0.2, 0) is 0 Å². The number of carbonyl (C=O) groups is 1. The summed E-state index contributed by atoms with van der Waals surface area (Å²) in [4.78, 5) is 17.1. The number of nitrogens with zero attached hydrogens (tertiary/aromatic N) is 1. The molecule has 0 atom stereocenters. The number of fused-ring (bicyclic) bond motifs is 1. The van der Waals surface area contributed by atoms with Crippen molar-refractivity contribution in [2.75, 3.05) is 12.4 Å². The van der Waals surface area contributed by atoms with Crippen molar-refractivity contribution in [1.82, 2.24) is 4.98 Å². The second-order valence-corrected chi connectivity index (χ2v) is 11.0. The van der Waals surface area contributed by atoms with Crippen molar-refractivity contribution in [2.45, 2.75) is 0 Å². The number of aromatic nitrogens is 1. The molecular weight excluding hydrogens is 479 g/mol. The normalized spacial score (nSPS) is 11.0. The molecule has 0 saturated heterocycles. The Morgan fingerprint density at radius 1 is 1.15 bits per heavy atom. The van der Waals surface area contributed by atoms with Crippen LogP contribution in [0.3, 0.4) is 0 Å². The molecule has 4 rings (SSSR count). The Morgan fingerprint density at radius 2 is 2.08 bits per heavy atom. The van der Waals surface area contributed by atoms with Gasteiger partial charge in [-0.25, -0.2) is 0 Å². The Balaban J connectivity index is 1.52. The van der Waals surface area contributed by atoms with Crippen molar-refractivity contribution in [3.63, 3.8) is 0 Å². The molecule has 0 aliphatic carbocycles. The van der Waals surface area contributed by atoms with Crippen LogP contribution in [0.2, 0.25) is 0 Å². The van der Waals surface area contributed by atoms with Crippen LogP contribution < -0.4 is 31.3 Å². The molecule has 0 aliphatic rings. The number of carbonyl (C=O) groups excluding carboxylic acids is 1. The number of thiophene rings is 1. The summed E-state index contributed by atoms with van der Waals surface area (Å²) in [7, 11) is 1.64. The van der Waals surface area contributed by atoms with E-state index >= 15 is 0 Å². The van der Waals surface area contributed by atoms with E-state index in [1.807, 2.05) is 36.4 Å². The molecule has 0 aliphatic heterocycles. The van der Waals surface area contributed by atoms with E-state index < -0.39 is 0 Å². The zero-order valence-electron chi connectivity index (χ0n) is 13.7. The zero-order valence-corrected chi connectivity index (χ0v) is 17.5. The van der Waals surface area contributed by atoms with Crippen molar-refractivity contribution in [2.24, 2.45) is 0 Å². The van der Waals surface area contributed by atoms with Crippen molar-refractivity contribution in [3.05, 3.63) is 72.0 Å². The third-order valence-electron chi connectivity index (χ3n) is 3.59.